The largest absolute Gasteiger partial charge is 0.484 e. The number of nitrogens with one attached hydrogen (secondary N) is 2. The molecule has 6 heteroatoms. The summed E-state index contributed by atoms with van der Waals surface area (Å²) in [6.45, 7) is 1.74. The van der Waals surface area contributed by atoms with E-state index in [1.807, 2.05) is 49.4 Å². The van der Waals surface area contributed by atoms with Crippen LogP contribution in [-0.4, -0.2) is 18.4 Å². The van der Waals surface area contributed by atoms with Gasteiger partial charge >= 0.3 is 0 Å². The van der Waals surface area contributed by atoms with Crippen LogP contribution in [0.15, 0.2) is 84.9 Å². The number of carbonyl (C=O) groups excluding carboxylic acids is 2. The fourth-order valence-corrected chi connectivity index (χ4v) is 3.56. The number of carbonyl (C=O) groups is 2. The zero-order chi connectivity index (χ0) is 22.5. The first kappa shape index (κ1) is 21.4. The average Bonchev–Trinajstić information content (AvgIpc) is 2.80. The molecule has 0 aliphatic rings. The highest BCUT2D eigenvalue weighted by molar-refractivity contribution is 6.30. The molecule has 0 unspecified atom stereocenters. The quantitative estimate of drug-likeness (QED) is 0.379. The monoisotopic (exact) mass is 444 g/mol. The SMILES string of the molecule is Cc1cc(Cl)ccc1NC(=O)c1ccc(OCC(=O)Nc2cccc3ccccc23)cc1. The first-order valence-corrected chi connectivity index (χ1v) is 10.5. The molecule has 0 radical (unpaired) electrons. The second kappa shape index (κ2) is 9.54. The number of ether oxygens (including phenoxy) is 1. The zero-order valence-corrected chi connectivity index (χ0v) is 18.1. The molecule has 0 bridgehead atoms. The van der Waals surface area contributed by atoms with Crippen molar-refractivity contribution in [2.45, 2.75) is 6.92 Å². The van der Waals surface area contributed by atoms with E-state index in [0.717, 1.165) is 22.0 Å². The van der Waals surface area contributed by atoms with Gasteiger partial charge in [0.25, 0.3) is 11.8 Å². The van der Waals surface area contributed by atoms with Gasteiger partial charge in [-0.1, -0.05) is 48.0 Å². The van der Waals surface area contributed by atoms with Crippen molar-refractivity contribution in [2.24, 2.45) is 0 Å². The molecule has 5 nitrogen and oxygen atoms in total. The standard InChI is InChI=1S/C26H21ClN2O3/c1-17-15-20(27)11-14-23(17)29-26(31)19-9-12-21(13-10-19)32-16-25(30)28-24-8-4-6-18-5-2-3-7-22(18)24/h2-15H,16H2,1H3,(H,28,30)(H,29,31). The molecule has 0 fully saturated rings. The molecule has 32 heavy (non-hydrogen) atoms. The van der Waals surface area contributed by atoms with Gasteiger partial charge in [0.1, 0.15) is 5.75 Å². The van der Waals surface area contributed by atoms with Crippen LogP contribution in [0.4, 0.5) is 11.4 Å². The van der Waals surface area contributed by atoms with Crippen LogP contribution in [0, 0.1) is 6.92 Å². The van der Waals surface area contributed by atoms with Crippen molar-refractivity contribution >= 4 is 45.6 Å². The van der Waals surface area contributed by atoms with Gasteiger partial charge in [0.15, 0.2) is 6.61 Å². The van der Waals surface area contributed by atoms with E-state index in [9.17, 15) is 9.59 Å². The molecule has 160 valence electrons. The molecular formula is C26H21ClN2O3. The van der Waals surface area contributed by atoms with Gasteiger partial charge < -0.3 is 15.4 Å². The molecule has 0 heterocycles. The van der Waals surface area contributed by atoms with E-state index in [0.29, 0.717) is 22.0 Å². The highest BCUT2D eigenvalue weighted by atomic mass is 35.5. The third kappa shape index (κ3) is 5.07. The molecule has 0 spiro atoms. The van der Waals surface area contributed by atoms with Gasteiger partial charge in [-0.2, -0.15) is 0 Å². The van der Waals surface area contributed by atoms with Crippen LogP contribution >= 0.6 is 11.6 Å². The first-order chi connectivity index (χ1) is 15.5. The van der Waals surface area contributed by atoms with Crippen LogP contribution < -0.4 is 15.4 Å². The van der Waals surface area contributed by atoms with Gasteiger partial charge in [0, 0.05) is 27.3 Å². The Hall–Kier alpha value is -3.83. The molecule has 0 aliphatic carbocycles. The maximum atomic E-state index is 12.5. The van der Waals surface area contributed by atoms with Crippen LogP contribution in [0.25, 0.3) is 10.8 Å². The van der Waals surface area contributed by atoms with Crippen molar-refractivity contribution in [3.05, 3.63) is 101 Å². The molecule has 0 atom stereocenters. The highest BCUT2D eigenvalue weighted by Gasteiger charge is 2.10. The number of amides is 2. The summed E-state index contributed by atoms with van der Waals surface area (Å²) < 4.78 is 5.58. The lowest BCUT2D eigenvalue weighted by Gasteiger charge is -2.11. The Kier molecular flexibility index (Phi) is 6.38. The molecule has 2 N–H and O–H groups in total. The predicted octanol–water partition coefficient (Wildman–Crippen LogP) is 6.07. The second-order valence-corrected chi connectivity index (χ2v) is 7.74. The van der Waals surface area contributed by atoms with Crippen molar-refractivity contribution in [3.63, 3.8) is 0 Å². The van der Waals surface area contributed by atoms with Gasteiger partial charge in [0.05, 0.1) is 0 Å². The number of hydrogen-bond acceptors (Lipinski definition) is 3. The van der Waals surface area contributed by atoms with E-state index in [4.69, 9.17) is 16.3 Å². The maximum absolute atomic E-state index is 12.5. The Morgan fingerprint density at radius 2 is 1.59 bits per heavy atom. The van der Waals surface area contributed by atoms with E-state index >= 15 is 0 Å². The topological polar surface area (TPSA) is 67.4 Å². The maximum Gasteiger partial charge on any atom is 0.262 e. The molecule has 4 aromatic carbocycles. The van der Waals surface area contributed by atoms with Crippen molar-refractivity contribution < 1.29 is 14.3 Å². The van der Waals surface area contributed by atoms with Crippen LogP contribution in [0.5, 0.6) is 5.75 Å². The summed E-state index contributed by atoms with van der Waals surface area (Å²) in [6.07, 6.45) is 0. The summed E-state index contributed by atoms with van der Waals surface area (Å²) in [6, 6.07) is 25.5. The second-order valence-electron chi connectivity index (χ2n) is 7.30. The molecule has 0 saturated carbocycles. The van der Waals surface area contributed by atoms with Crippen LogP contribution in [-0.2, 0) is 4.79 Å². The molecule has 4 aromatic rings. The fourth-order valence-electron chi connectivity index (χ4n) is 3.33. The number of anilines is 2. The third-order valence-corrected chi connectivity index (χ3v) is 5.22. The normalized spacial score (nSPS) is 10.6. The molecule has 0 aromatic heterocycles. The van der Waals surface area contributed by atoms with E-state index in [2.05, 4.69) is 10.6 Å². The van der Waals surface area contributed by atoms with Gasteiger partial charge in [-0.3, -0.25) is 9.59 Å². The lowest BCUT2D eigenvalue weighted by atomic mass is 10.1. The summed E-state index contributed by atoms with van der Waals surface area (Å²) >= 11 is 5.96. The number of aryl methyl sites for hydroxylation is 1. The van der Waals surface area contributed by atoms with Crippen molar-refractivity contribution in [3.8, 4) is 5.75 Å². The van der Waals surface area contributed by atoms with Crippen LogP contribution in [0.3, 0.4) is 0 Å². The first-order valence-electron chi connectivity index (χ1n) is 10.1. The Bertz CT molecular complexity index is 1280. The summed E-state index contributed by atoms with van der Waals surface area (Å²) in [5.41, 5.74) is 2.79. The van der Waals surface area contributed by atoms with E-state index in [1.54, 1.807) is 42.5 Å². The van der Waals surface area contributed by atoms with Crippen molar-refractivity contribution in [2.75, 3.05) is 17.2 Å². The van der Waals surface area contributed by atoms with Gasteiger partial charge in [0.2, 0.25) is 0 Å². The summed E-state index contributed by atoms with van der Waals surface area (Å²) in [5.74, 6) is -0.00523. The smallest absolute Gasteiger partial charge is 0.262 e. The lowest BCUT2D eigenvalue weighted by Crippen LogP contribution is -2.20. The van der Waals surface area contributed by atoms with Gasteiger partial charge in [-0.05, 0) is 66.4 Å². The Morgan fingerprint density at radius 3 is 2.38 bits per heavy atom. The molecule has 0 aliphatic heterocycles. The molecular weight excluding hydrogens is 424 g/mol. The fraction of sp³-hybridized carbons (Fsp3) is 0.0769. The Labute approximate surface area is 191 Å². The Balaban J connectivity index is 1.34. The minimum Gasteiger partial charge on any atom is -0.484 e. The van der Waals surface area contributed by atoms with Gasteiger partial charge in [-0.15, -0.1) is 0 Å². The number of fused-ring (bicyclic) bond motifs is 1. The Morgan fingerprint density at radius 1 is 0.844 bits per heavy atom. The lowest BCUT2D eigenvalue weighted by molar-refractivity contribution is -0.118. The van der Waals surface area contributed by atoms with Crippen molar-refractivity contribution in [1.82, 2.24) is 0 Å². The van der Waals surface area contributed by atoms with E-state index in [1.165, 1.54) is 0 Å². The number of halogens is 1. The van der Waals surface area contributed by atoms with Crippen molar-refractivity contribution in [1.29, 1.82) is 0 Å². The van der Waals surface area contributed by atoms with Crippen LogP contribution in [0.2, 0.25) is 5.02 Å². The number of rotatable bonds is 6. The number of benzene rings is 4. The van der Waals surface area contributed by atoms with Gasteiger partial charge in [-0.25, -0.2) is 0 Å². The summed E-state index contributed by atoms with van der Waals surface area (Å²) in [5, 5.41) is 8.38. The molecule has 0 saturated heterocycles. The molecule has 4 rings (SSSR count). The summed E-state index contributed by atoms with van der Waals surface area (Å²) in [7, 11) is 0. The van der Waals surface area contributed by atoms with E-state index < -0.39 is 0 Å². The minimum atomic E-state index is -0.263. The highest BCUT2D eigenvalue weighted by Crippen LogP contribution is 2.23. The molecule has 2 amide bonds. The number of hydrogen-bond donors (Lipinski definition) is 2. The zero-order valence-electron chi connectivity index (χ0n) is 17.4. The average molecular weight is 445 g/mol. The predicted molar refractivity (Wildman–Crippen MR) is 129 cm³/mol. The van der Waals surface area contributed by atoms with E-state index in [-0.39, 0.29) is 18.4 Å². The third-order valence-electron chi connectivity index (χ3n) is 4.99. The minimum absolute atomic E-state index is 0.140. The summed E-state index contributed by atoms with van der Waals surface area (Å²) in [4.78, 5) is 24.8. The van der Waals surface area contributed by atoms with Crippen LogP contribution in [0.1, 0.15) is 15.9 Å².